The molecule has 1 heterocycles. The Bertz CT molecular complexity index is 977. The summed E-state index contributed by atoms with van der Waals surface area (Å²) in [6.45, 7) is 15.5. The van der Waals surface area contributed by atoms with Crippen LogP contribution in [0.4, 0.5) is 4.39 Å². The Labute approximate surface area is 217 Å². The van der Waals surface area contributed by atoms with E-state index in [9.17, 15) is 9.18 Å². The molecule has 1 aliphatic rings. The molecule has 0 radical (unpaired) electrons. The summed E-state index contributed by atoms with van der Waals surface area (Å²) in [5.74, 6) is 1.57. The summed E-state index contributed by atoms with van der Waals surface area (Å²) in [5.41, 5.74) is 3.66. The first-order valence-corrected chi connectivity index (χ1v) is 13.8. The van der Waals surface area contributed by atoms with Crippen LogP contribution in [0.25, 0.3) is 0 Å². The Hall–Kier alpha value is -2.40. The van der Waals surface area contributed by atoms with Crippen molar-refractivity contribution in [1.29, 1.82) is 0 Å². The van der Waals surface area contributed by atoms with Crippen molar-refractivity contribution in [2.45, 2.75) is 97.7 Å². The van der Waals surface area contributed by atoms with Crippen LogP contribution in [0.15, 0.2) is 42.5 Å². The summed E-state index contributed by atoms with van der Waals surface area (Å²) in [6.07, 6.45) is 4.55. The van der Waals surface area contributed by atoms with E-state index in [1.165, 1.54) is 36.1 Å². The van der Waals surface area contributed by atoms with Gasteiger partial charge in [-0.25, -0.2) is 4.39 Å². The predicted octanol–water partition coefficient (Wildman–Crippen LogP) is 7.13. The van der Waals surface area contributed by atoms with Crippen LogP contribution in [0, 0.1) is 5.82 Å². The van der Waals surface area contributed by atoms with Gasteiger partial charge in [0.1, 0.15) is 11.6 Å². The highest BCUT2D eigenvalue weighted by atomic mass is 19.1. The second-order valence-electron chi connectivity index (χ2n) is 10.8. The summed E-state index contributed by atoms with van der Waals surface area (Å²) < 4.78 is 19.5. The smallest absolute Gasteiger partial charge is 0.260 e. The lowest BCUT2D eigenvalue weighted by Crippen LogP contribution is -2.58. The van der Waals surface area contributed by atoms with Gasteiger partial charge in [-0.2, -0.15) is 0 Å². The fourth-order valence-corrected chi connectivity index (χ4v) is 5.39. The maximum atomic E-state index is 13.3. The van der Waals surface area contributed by atoms with Gasteiger partial charge < -0.3 is 9.64 Å². The van der Waals surface area contributed by atoms with Crippen molar-refractivity contribution < 1.29 is 13.9 Å². The molecule has 4 nitrogen and oxygen atoms in total. The molecule has 4 unspecified atom stereocenters. The number of nitrogens with zero attached hydrogens (tertiary/aromatic N) is 2. The van der Waals surface area contributed by atoms with Gasteiger partial charge in [0.2, 0.25) is 0 Å². The lowest BCUT2D eigenvalue weighted by molar-refractivity contribution is -0.139. The highest BCUT2D eigenvalue weighted by Crippen LogP contribution is 2.34. The molecular formula is C31H45FN2O2. The highest BCUT2D eigenvalue weighted by molar-refractivity contribution is 5.78. The van der Waals surface area contributed by atoms with Gasteiger partial charge in [0.25, 0.3) is 5.91 Å². The number of benzene rings is 2. The summed E-state index contributed by atoms with van der Waals surface area (Å²) in [6, 6.07) is 13.5. The molecule has 198 valence electrons. The number of piperazine rings is 1. The van der Waals surface area contributed by atoms with E-state index in [0.29, 0.717) is 18.4 Å². The van der Waals surface area contributed by atoms with Crippen molar-refractivity contribution in [2.24, 2.45) is 0 Å². The lowest BCUT2D eigenvalue weighted by Gasteiger charge is -2.44. The van der Waals surface area contributed by atoms with Gasteiger partial charge in [-0.05, 0) is 73.4 Å². The van der Waals surface area contributed by atoms with E-state index < -0.39 is 0 Å². The molecular weight excluding hydrogens is 451 g/mol. The molecule has 1 saturated heterocycles. The predicted molar refractivity (Wildman–Crippen MR) is 146 cm³/mol. The van der Waals surface area contributed by atoms with Gasteiger partial charge >= 0.3 is 0 Å². The molecule has 0 bridgehead atoms. The number of carbonyl (C=O) groups excluding carboxylic acids is 1. The van der Waals surface area contributed by atoms with Gasteiger partial charge in [-0.1, -0.05) is 64.8 Å². The molecule has 1 aliphatic heterocycles. The Balaban J connectivity index is 1.64. The van der Waals surface area contributed by atoms with Crippen LogP contribution in [0.5, 0.6) is 5.75 Å². The van der Waals surface area contributed by atoms with Crippen molar-refractivity contribution in [2.75, 3.05) is 19.7 Å². The molecule has 1 fully saturated rings. The zero-order valence-electron chi connectivity index (χ0n) is 23.1. The van der Waals surface area contributed by atoms with Crippen LogP contribution in [-0.2, 0) is 11.3 Å². The minimum atomic E-state index is -0.215. The second-order valence-corrected chi connectivity index (χ2v) is 10.8. The first kappa shape index (κ1) is 28.2. The summed E-state index contributed by atoms with van der Waals surface area (Å²) in [4.78, 5) is 17.6. The van der Waals surface area contributed by atoms with E-state index in [1.54, 1.807) is 0 Å². The normalized spacial score (nSPS) is 20.2. The van der Waals surface area contributed by atoms with E-state index >= 15 is 0 Å². The number of amides is 1. The largest absolute Gasteiger partial charge is 0.483 e. The maximum Gasteiger partial charge on any atom is 0.260 e. The van der Waals surface area contributed by atoms with E-state index in [-0.39, 0.29) is 30.4 Å². The first-order chi connectivity index (χ1) is 17.2. The highest BCUT2D eigenvalue weighted by Gasteiger charge is 2.32. The van der Waals surface area contributed by atoms with Gasteiger partial charge in [-0.3, -0.25) is 9.69 Å². The molecule has 0 aromatic heterocycles. The summed E-state index contributed by atoms with van der Waals surface area (Å²) >= 11 is 0. The third kappa shape index (κ3) is 7.32. The number of carbonyl (C=O) groups is 1. The molecule has 0 aliphatic carbocycles. The van der Waals surface area contributed by atoms with E-state index in [2.05, 4.69) is 64.6 Å². The van der Waals surface area contributed by atoms with Crippen LogP contribution in [0.2, 0.25) is 0 Å². The topological polar surface area (TPSA) is 32.8 Å². The molecule has 5 heteroatoms. The number of hydrogen-bond donors (Lipinski definition) is 0. The summed E-state index contributed by atoms with van der Waals surface area (Å²) in [5, 5.41) is 0. The van der Waals surface area contributed by atoms with Crippen molar-refractivity contribution in [3.63, 3.8) is 0 Å². The van der Waals surface area contributed by atoms with Crippen molar-refractivity contribution in [3.8, 4) is 5.75 Å². The fraction of sp³-hybridized carbons (Fsp3) is 0.581. The SMILES string of the molecule is CCCC(C)c1ccc(OCC(=O)N2CC(C)N(Cc3ccc(F)cc3)CC2C)c(C(C)CCC)c1. The van der Waals surface area contributed by atoms with Gasteiger partial charge in [0, 0.05) is 31.7 Å². The molecule has 3 rings (SSSR count). The van der Waals surface area contributed by atoms with Crippen LogP contribution < -0.4 is 4.74 Å². The number of rotatable bonds is 11. The molecule has 36 heavy (non-hydrogen) atoms. The van der Waals surface area contributed by atoms with Crippen molar-refractivity contribution >= 4 is 5.91 Å². The molecule has 2 aromatic rings. The minimum Gasteiger partial charge on any atom is -0.483 e. The molecule has 0 saturated carbocycles. The van der Waals surface area contributed by atoms with Gasteiger partial charge in [-0.15, -0.1) is 0 Å². The zero-order valence-corrected chi connectivity index (χ0v) is 23.1. The van der Waals surface area contributed by atoms with Crippen LogP contribution in [-0.4, -0.2) is 47.5 Å². The average Bonchev–Trinajstić information content (AvgIpc) is 2.86. The molecule has 0 spiro atoms. The van der Waals surface area contributed by atoms with E-state index in [4.69, 9.17) is 4.74 Å². The van der Waals surface area contributed by atoms with Crippen molar-refractivity contribution in [3.05, 3.63) is 65.0 Å². The third-order valence-corrected chi connectivity index (χ3v) is 7.66. The van der Waals surface area contributed by atoms with Crippen LogP contribution in [0.1, 0.15) is 95.8 Å². The van der Waals surface area contributed by atoms with Crippen molar-refractivity contribution in [1.82, 2.24) is 9.80 Å². The zero-order chi connectivity index (χ0) is 26.2. The Morgan fingerprint density at radius 1 is 0.972 bits per heavy atom. The van der Waals surface area contributed by atoms with Gasteiger partial charge in [0.15, 0.2) is 6.61 Å². The van der Waals surface area contributed by atoms with Crippen LogP contribution in [0.3, 0.4) is 0 Å². The van der Waals surface area contributed by atoms with E-state index in [1.807, 2.05) is 17.0 Å². The Morgan fingerprint density at radius 2 is 1.64 bits per heavy atom. The first-order valence-electron chi connectivity index (χ1n) is 13.8. The fourth-order valence-electron chi connectivity index (χ4n) is 5.39. The minimum absolute atomic E-state index is 0.0355. The number of halogens is 1. The standard InChI is InChI=1S/C31H45FN2O2/c1-7-9-22(3)27-13-16-30(29(17-27)23(4)10-8-2)36-21-31(35)34-19-24(5)33(18-25(34)6)20-26-11-14-28(32)15-12-26/h11-17,22-25H,7-10,18-21H2,1-6H3. The maximum absolute atomic E-state index is 13.3. The molecule has 2 aromatic carbocycles. The Morgan fingerprint density at radius 3 is 2.31 bits per heavy atom. The van der Waals surface area contributed by atoms with E-state index in [0.717, 1.165) is 37.2 Å². The number of hydrogen-bond acceptors (Lipinski definition) is 3. The molecule has 4 atom stereocenters. The molecule has 0 N–H and O–H groups in total. The lowest BCUT2D eigenvalue weighted by atomic mass is 9.89. The summed E-state index contributed by atoms with van der Waals surface area (Å²) in [7, 11) is 0. The van der Waals surface area contributed by atoms with Gasteiger partial charge in [0.05, 0.1) is 0 Å². The number of ether oxygens (including phenoxy) is 1. The van der Waals surface area contributed by atoms with Crippen LogP contribution >= 0.6 is 0 Å². The Kier molecular flexibility index (Phi) is 10.4. The quantitative estimate of drug-likeness (QED) is 0.332. The molecule has 1 amide bonds. The second kappa shape index (κ2) is 13.2. The average molecular weight is 497 g/mol. The monoisotopic (exact) mass is 496 g/mol. The third-order valence-electron chi connectivity index (χ3n) is 7.66.